The van der Waals surface area contributed by atoms with Crippen molar-refractivity contribution < 1.29 is 34.8 Å². The Morgan fingerprint density at radius 3 is 2.71 bits per heavy atom. The Morgan fingerprint density at radius 1 is 1.37 bits per heavy atom. The molecule has 11 nitrogen and oxygen atoms in total. The van der Waals surface area contributed by atoms with Gasteiger partial charge in [-0.3, -0.25) is 9.59 Å². The summed E-state index contributed by atoms with van der Waals surface area (Å²) in [5, 5.41) is 54.2. The summed E-state index contributed by atoms with van der Waals surface area (Å²) in [6, 6.07) is 3.54. The average molecular weight is 503 g/mol. The molecule has 0 bridgehead atoms. The second-order valence-electron chi connectivity index (χ2n) is 9.07. The third-order valence-corrected chi connectivity index (χ3v) is 8.28. The number of aromatic hydroxyl groups is 2. The minimum atomic E-state index is -1.16. The summed E-state index contributed by atoms with van der Waals surface area (Å²) in [5.41, 5.74) is -0.176. The predicted octanol–water partition coefficient (Wildman–Crippen LogP) is 0.317. The number of nitrogens with one attached hydrogen (secondary N) is 2. The van der Waals surface area contributed by atoms with E-state index in [1.807, 2.05) is 6.92 Å². The topological polar surface area (TPSA) is 183 Å². The number of rotatable bonds is 7. The molecule has 2 saturated heterocycles. The smallest absolute Gasteiger partial charge is 0.353 e. The van der Waals surface area contributed by atoms with Crippen LogP contribution in [0, 0.1) is 23.2 Å². The fourth-order valence-electron chi connectivity index (χ4n) is 5.04. The molecule has 6 atom stereocenters. The van der Waals surface area contributed by atoms with Gasteiger partial charge in [0.2, 0.25) is 5.91 Å². The molecule has 0 spiro atoms. The maximum absolute atomic E-state index is 12.5. The number of thioether (sulfide) groups is 1. The van der Waals surface area contributed by atoms with Crippen molar-refractivity contribution >= 4 is 29.5 Å². The lowest BCUT2D eigenvalue weighted by Gasteiger charge is -2.46. The molecular weight excluding hydrogens is 476 g/mol. The number of aliphatic carboxylic acids is 1. The number of aliphatic hydroxyl groups is 1. The number of carbonyl (C=O) groups is 3. The van der Waals surface area contributed by atoms with E-state index in [0.717, 1.165) is 6.07 Å². The molecule has 4 rings (SSSR count). The summed E-state index contributed by atoms with van der Waals surface area (Å²) in [7, 11) is 0. The Morgan fingerprint density at radius 2 is 2.09 bits per heavy atom. The van der Waals surface area contributed by atoms with Crippen LogP contribution in [0.15, 0.2) is 22.7 Å². The number of hydrogen-bond donors (Lipinski definition) is 6. The Balaban J connectivity index is 1.38. The van der Waals surface area contributed by atoms with Gasteiger partial charge in [-0.1, -0.05) is 6.92 Å². The van der Waals surface area contributed by atoms with E-state index in [1.54, 1.807) is 13.0 Å². The van der Waals surface area contributed by atoms with E-state index >= 15 is 0 Å². The average Bonchev–Trinajstić information content (AvgIpc) is 3.34. The highest BCUT2D eigenvalue weighted by atomic mass is 32.2. The van der Waals surface area contributed by atoms with Gasteiger partial charge in [0.05, 0.1) is 23.6 Å². The maximum Gasteiger partial charge on any atom is 0.353 e. The van der Waals surface area contributed by atoms with Gasteiger partial charge in [-0.25, -0.2) is 4.79 Å². The number of carboxylic acids is 1. The summed E-state index contributed by atoms with van der Waals surface area (Å²) in [6.07, 6.45) is -0.219. The number of carbonyl (C=O) groups excluding carboxylic acids is 2. The first-order valence-corrected chi connectivity index (χ1v) is 12.1. The molecule has 3 aliphatic rings. The van der Waals surface area contributed by atoms with Gasteiger partial charge in [-0.2, -0.15) is 5.26 Å². The van der Waals surface area contributed by atoms with Crippen LogP contribution in [0.25, 0.3) is 0 Å². The lowest BCUT2D eigenvalue weighted by Crippen LogP contribution is -2.63. The zero-order valence-electron chi connectivity index (χ0n) is 19.1. The van der Waals surface area contributed by atoms with Gasteiger partial charge in [0.25, 0.3) is 5.91 Å². The van der Waals surface area contributed by atoms with Gasteiger partial charge < -0.3 is 36.0 Å². The van der Waals surface area contributed by atoms with E-state index < -0.39 is 35.4 Å². The number of amides is 2. The predicted molar refractivity (Wildman–Crippen MR) is 124 cm³/mol. The molecule has 2 amide bonds. The number of carboxylic acid groups (broad SMARTS) is 1. The summed E-state index contributed by atoms with van der Waals surface area (Å²) in [6.45, 7) is 4.25. The lowest BCUT2D eigenvalue weighted by atomic mass is 9.79. The highest BCUT2D eigenvalue weighted by Gasteiger charge is 2.60. The Kier molecular flexibility index (Phi) is 6.68. The fourth-order valence-corrected chi connectivity index (χ4v) is 6.56. The zero-order valence-corrected chi connectivity index (χ0v) is 19.9. The third kappa shape index (κ3) is 4.31. The molecule has 2 fully saturated rings. The van der Waals surface area contributed by atoms with Crippen molar-refractivity contribution in [3.63, 3.8) is 0 Å². The molecule has 0 aliphatic carbocycles. The first kappa shape index (κ1) is 24.8. The molecule has 1 unspecified atom stereocenters. The number of β-lactam (4-membered cyclic amide) rings is 1. The van der Waals surface area contributed by atoms with Gasteiger partial charge in [-0.15, -0.1) is 11.8 Å². The first-order valence-electron chi connectivity index (χ1n) is 11.2. The minimum Gasteiger partial charge on any atom is -0.504 e. The van der Waals surface area contributed by atoms with Crippen molar-refractivity contribution in [2.24, 2.45) is 11.8 Å². The third-order valence-electron chi connectivity index (χ3n) is 6.77. The van der Waals surface area contributed by atoms with E-state index in [-0.39, 0.29) is 52.5 Å². The van der Waals surface area contributed by atoms with Gasteiger partial charge in [0.15, 0.2) is 11.5 Å². The maximum atomic E-state index is 12.5. The first-order chi connectivity index (χ1) is 16.5. The molecule has 0 radical (unpaired) electrons. The van der Waals surface area contributed by atoms with Crippen molar-refractivity contribution in [2.45, 2.75) is 43.7 Å². The normalized spacial score (nSPS) is 28.3. The van der Waals surface area contributed by atoms with Crippen LogP contribution in [0.2, 0.25) is 0 Å². The van der Waals surface area contributed by atoms with Crippen LogP contribution in [-0.4, -0.2) is 79.6 Å². The fraction of sp³-hybridized carbons (Fsp3) is 0.478. The standard InChI is InChI=1S/C23H26N4O7S/c1-9-17-16(10(2)28)22(32)27(17)18(23(33)34)20(9)35-14-5-13(25-8-14)7-26-21(31)11-3-12(6-24)19(30)15(29)4-11/h3-4,9-10,13-14,16-17,25,28-30H,5,7-8H2,1-2H3,(H,26,31)(H,33,34)/t9?,10-,13+,14+,16-,17+/m1/s1. The molecule has 1 aromatic rings. The molecule has 12 heteroatoms. The van der Waals surface area contributed by atoms with Crippen LogP contribution in [0.1, 0.15) is 36.2 Å². The summed E-state index contributed by atoms with van der Waals surface area (Å²) >= 11 is 1.42. The van der Waals surface area contributed by atoms with E-state index in [9.17, 15) is 34.8 Å². The van der Waals surface area contributed by atoms with Crippen LogP contribution in [0.4, 0.5) is 0 Å². The Bertz CT molecular complexity index is 1160. The van der Waals surface area contributed by atoms with Crippen LogP contribution in [-0.2, 0) is 9.59 Å². The van der Waals surface area contributed by atoms with Crippen molar-refractivity contribution in [1.29, 1.82) is 5.26 Å². The number of phenolic OH excluding ortho intramolecular Hbond substituents is 2. The van der Waals surface area contributed by atoms with Crippen LogP contribution >= 0.6 is 11.8 Å². The Hall–Kier alpha value is -3.27. The van der Waals surface area contributed by atoms with E-state index in [0.29, 0.717) is 17.9 Å². The molecule has 6 N–H and O–H groups in total. The molecule has 0 saturated carbocycles. The van der Waals surface area contributed by atoms with Crippen molar-refractivity contribution in [3.05, 3.63) is 33.9 Å². The van der Waals surface area contributed by atoms with E-state index in [1.165, 1.54) is 22.7 Å². The molecule has 3 heterocycles. The second kappa shape index (κ2) is 9.41. The number of hydrogen-bond acceptors (Lipinski definition) is 9. The number of nitriles is 1. The number of fused-ring (bicyclic) bond motifs is 1. The van der Waals surface area contributed by atoms with Gasteiger partial charge in [0.1, 0.15) is 11.8 Å². The minimum absolute atomic E-state index is 0.00779. The zero-order chi connectivity index (χ0) is 25.6. The number of nitrogens with zero attached hydrogens (tertiary/aromatic N) is 2. The molecule has 186 valence electrons. The molecule has 35 heavy (non-hydrogen) atoms. The van der Waals surface area contributed by atoms with E-state index in [2.05, 4.69) is 10.6 Å². The van der Waals surface area contributed by atoms with E-state index in [4.69, 9.17) is 5.26 Å². The van der Waals surface area contributed by atoms with Crippen LogP contribution in [0.3, 0.4) is 0 Å². The van der Waals surface area contributed by atoms with Crippen molar-refractivity contribution in [3.8, 4) is 17.6 Å². The van der Waals surface area contributed by atoms with Crippen molar-refractivity contribution in [2.75, 3.05) is 13.1 Å². The SMILES string of the molecule is CC1C(S[C@@H]2CN[C@H](CNC(=O)c3cc(O)c(O)c(C#N)c3)C2)=C(C(=O)O)N2C(=O)[C@H]([C@@H](C)O)[C@H]12. The summed E-state index contributed by atoms with van der Waals surface area (Å²) in [4.78, 5) is 38.8. The van der Waals surface area contributed by atoms with Gasteiger partial charge in [0, 0.05) is 40.8 Å². The monoisotopic (exact) mass is 502 g/mol. The molecule has 3 aliphatic heterocycles. The second-order valence-corrected chi connectivity index (χ2v) is 10.4. The largest absolute Gasteiger partial charge is 0.504 e. The number of aliphatic hydroxyl groups excluding tert-OH is 1. The summed E-state index contributed by atoms with van der Waals surface area (Å²) in [5.74, 6) is -4.00. The number of phenols is 2. The Labute approximate surface area is 205 Å². The number of benzene rings is 1. The van der Waals surface area contributed by atoms with Crippen LogP contribution in [0.5, 0.6) is 11.5 Å². The highest BCUT2D eigenvalue weighted by molar-refractivity contribution is 8.03. The summed E-state index contributed by atoms with van der Waals surface area (Å²) < 4.78 is 0. The quantitative estimate of drug-likeness (QED) is 0.224. The lowest BCUT2D eigenvalue weighted by molar-refractivity contribution is -0.163. The molecule has 1 aromatic carbocycles. The van der Waals surface area contributed by atoms with Crippen molar-refractivity contribution in [1.82, 2.24) is 15.5 Å². The highest BCUT2D eigenvalue weighted by Crippen LogP contribution is 2.51. The van der Waals surface area contributed by atoms with Gasteiger partial charge in [-0.05, 0) is 25.5 Å². The van der Waals surface area contributed by atoms with Crippen LogP contribution < -0.4 is 10.6 Å². The molecular formula is C23H26N4O7S. The molecule has 0 aromatic heterocycles. The van der Waals surface area contributed by atoms with Gasteiger partial charge >= 0.3 is 5.97 Å².